The monoisotopic (exact) mass is 413 g/mol. The molecule has 6 heteroatoms. The maximum absolute atomic E-state index is 12.9. The quantitative estimate of drug-likeness (QED) is 0.509. The minimum Gasteiger partial charge on any atom is -0.350 e. The van der Waals surface area contributed by atoms with E-state index in [4.69, 9.17) is 11.6 Å². The van der Waals surface area contributed by atoms with Crippen LogP contribution in [0.4, 0.5) is 0 Å². The Labute approximate surface area is 157 Å². The van der Waals surface area contributed by atoms with Gasteiger partial charge in [0.1, 0.15) is 5.69 Å². The zero-order valence-corrected chi connectivity index (χ0v) is 15.4. The zero-order chi connectivity index (χ0) is 17.4. The third-order valence-electron chi connectivity index (χ3n) is 4.09. The van der Waals surface area contributed by atoms with E-state index in [0.717, 1.165) is 26.5 Å². The number of H-pyrrole nitrogens is 1. The van der Waals surface area contributed by atoms with Gasteiger partial charge in [-0.25, -0.2) is 4.68 Å². The number of carbonyl (C=O) groups excluding carboxylic acids is 1. The van der Waals surface area contributed by atoms with Crippen molar-refractivity contribution < 1.29 is 4.79 Å². The van der Waals surface area contributed by atoms with Gasteiger partial charge in [-0.1, -0.05) is 39.7 Å². The topological polar surface area (TPSA) is 50.7 Å². The van der Waals surface area contributed by atoms with Crippen LogP contribution in [-0.2, 0) is 6.42 Å². The first-order chi connectivity index (χ1) is 12.1. The lowest BCUT2D eigenvalue weighted by molar-refractivity contribution is 0.0940. The molecule has 4 nitrogen and oxygen atoms in total. The third-order valence-corrected chi connectivity index (χ3v) is 4.83. The first kappa shape index (κ1) is 16.1. The minimum atomic E-state index is -0.179. The largest absolute Gasteiger partial charge is 0.350 e. The number of hydrogen-bond donors (Lipinski definition) is 1. The lowest BCUT2D eigenvalue weighted by atomic mass is 10.0. The number of rotatable bonds is 3. The summed E-state index contributed by atoms with van der Waals surface area (Å²) in [7, 11) is 0. The van der Waals surface area contributed by atoms with Crippen LogP contribution >= 0.6 is 27.5 Å². The van der Waals surface area contributed by atoms with Crippen LogP contribution in [0.5, 0.6) is 0 Å². The molecule has 2 aromatic heterocycles. The summed E-state index contributed by atoms with van der Waals surface area (Å²) < 4.78 is 2.31. The van der Waals surface area contributed by atoms with Gasteiger partial charge in [0.15, 0.2) is 0 Å². The van der Waals surface area contributed by atoms with Gasteiger partial charge < -0.3 is 4.98 Å². The number of nitrogens with zero attached hydrogens (tertiary/aromatic N) is 2. The van der Waals surface area contributed by atoms with Gasteiger partial charge in [0.25, 0.3) is 5.91 Å². The van der Waals surface area contributed by atoms with E-state index in [2.05, 4.69) is 26.0 Å². The molecular weight excluding hydrogens is 402 g/mol. The molecule has 0 atom stereocenters. The van der Waals surface area contributed by atoms with Crippen LogP contribution in [0.15, 0.2) is 65.4 Å². The summed E-state index contributed by atoms with van der Waals surface area (Å²) in [5.74, 6) is -0.179. The zero-order valence-electron chi connectivity index (χ0n) is 13.0. The highest BCUT2D eigenvalue weighted by molar-refractivity contribution is 9.10. The molecule has 0 fully saturated rings. The number of carbonyl (C=O) groups is 1. The molecule has 0 saturated heterocycles. The second-order valence-electron chi connectivity index (χ2n) is 5.73. The first-order valence-electron chi connectivity index (χ1n) is 7.71. The molecule has 0 amide bonds. The van der Waals surface area contributed by atoms with E-state index in [0.29, 0.717) is 17.1 Å². The van der Waals surface area contributed by atoms with Crippen molar-refractivity contribution >= 4 is 44.3 Å². The second kappa shape index (κ2) is 6.50. The van der Waals surface area contributed by atoms with Gasteiger partial charge >= 0.3 is 0 Å². The Bertz CT molecular complexity index is 1050. The predicted octanol–water partition coefficient (Wildman–Crippen LogP) is 5.06. The lowest BCUT2D eigenvalue weighted by Crippen LogP contribution is -2.14. The fourth-order valence-electron chi connectivity index (χ4n) is 2.90. The van der Waals surface area contributed by atoms with E-state index >= 15 is 0 Å². The number of benzene rings is 2. The van der Waals surface area contributed by atoms with Gasteiger partial charge in [-0.15, -0.1) is 0 Å². The summed E-state index contributed by atoms with van der Waals surface area (Å²) in [6.07, 6.45) is 3.86. The van der Waals surface area contributed by atoms with Crippen molar-refractivity contribution in [2.45, 2.75) is 6.42 Å². The minimum absolute atomic E-state index is 0.179. The molecule has 0 unspecified atom stereocenters. The predicted molar refractivity (Wildman–Crippen MR) is 102 cm³/mol. The van der Waals surface area contributed by atoms with Crippen molar-refractivity contribution in [3.63, 3.8) is 0 Å². The Kier molecular flexibility index (Phi) is 4.19. The molecule has 2 heterocycles. The van der Waals surface area contributed by atoms with E-state index in [1.165, 1.54) is 4.68 Å². The van der Waals surface area contributed by atoms with Gasteiger partial charge in [0.05, 0.1) is 0 Å². The van der Waals surface area contributed by atoms with Crippen LogP contribution in [0.3, 0.4) is 0 Å². The number of hydrogen-bond acceptors (Lipinski definition) is 2. The summed E-state index contributed by atoms with van der Waals surface area (Å²) in [4.78, 5) is 16.1. The van der Waals surface area contributed by atoms with Gasteiger partial charge in [0.2, 0.25) is 0 Å². The van der Waals surface area contributed by atoms with Crippen molar-refractivity contribution in [2.75, 3.05) is 0 Å². The van der Waals surface area contributed by atoms with E-state index < -0.39 is 0 Å². The highest BCUT2D eigenvalue weighted by atomic mass is 79.9. The smallest absolute Gasteiger partial charge is 0.294 e. The lowest BCUT2D eigenvalue weighted by Gasteiger charge is -2.05. The molecule has 0 aliphatic rings. The Morgan fingerprint density at radius 2 is 2.00 bits per heavy atom. The molecule has 4 rings (SSSR count). The van der Waals surface area contributed by atoms with Gasteiger partial charge in [-0.3, -0.25) is 4.79 Å². The Morgan fingerprint density at radius 3 is 2.72 bits per heavy atom. The molecule has 25 heavy (non-hydrogen) atoms. The summed E-state index contributed by atoms with van der Waals surface area (Å²) in [5, 5.41) is 5.77. The van der Waals surface area contributed by atoms with Crippen molar-refractivity contribution in [2.24, 2.45) is 0 Å². The number of fused-ring (bicyclic) bond motifs is 1. The third kappa shape index (κ3) is 3.13. The normalized spacial score (nSPS) is 11.1. The van der Waals surface area contributed by atoms with Crippen molar-refractivity contribution in [3.8, 4) is 0 Å². The van der Waals surface area contributed by atoms with Gasteiger partial charge in [-0.05, 0) is 47.5 Å². The molecular formula is C19H13BrClN3O. The molecule has 0 aliphatic heterocycles. The Balaban J connectivity index is 1.86. The summed E-state index contributed by atoms with van der Waals surface area (Å²) >= 11 is 9.49. The summed E-state index contributed by atoms with van der Waals surface area (Å²) in [6.45, 7) is 0. The van der Waals surface area contributed by atoms with E-state index in [1.54, 1.807) is 18.5 Å². The highest BCUT2D eigenvalue weighted by Gasteiger charge is 2.20. The molecule has 4 aromatic rings. The Morgan fingerprint density at radius 1 is 1.20 bits per heavy atom. The number of halogens is 2. The molecule has 124 valence electrons. The molecule has 0 aliphatic carbocycles. The van der Waals surface area contributed by atoms with Crippen molar-refractivity contribution in [1.29, 1.82) is 0 Å². The second-order valence-corrected chi connectivity index (χ2v) is 7.08. The van der Waals surface area contributed by atoms with Gasteiger partial charge in [0, 0.05) is 39.2 Å². The number of nitrogens with one attached hydrogen (secondary N) is 1. The molecule has 0 spiro atoms. The van der Waals surface area contributed by atoms with Crippen LogP contribution in [-0.4, -0.2) is 20.7 Å². The Hall–Kier alpha value is -2.37. The van der Waals surface area contributed by atoms with Gasteiger partial charge in [-0.2, -0.15) is 5.10 Å². The standard InChI is InChI=1S/C19H13BrClN3O/c20-13-4-7-17-15(11-13)16(10-12-2-5-14(21)6-3-12)18(23-17)19(25)24-9-1-8-22-24/h1-9,11,23H,10H2. The van der Waals surface area contributed by atoms with Crippen molar-refractivity contribution in [3.05, 3.63) is 87.2 Å². The maximum Gasteiger partial charge on any atom is 0.294 e. The van der Waals surface area contributed by atoms with Crippen molar-refractivity contribution in [1.82, 2.24) is 14.8 Å². The molecule has 0 saturated carbocycles. The molecule has 2 aromatic carbocycles. The number of aromatic amines is 1. The average Bonchev–Trinajstić information content (AvgIpc) is 3.25. The van der Waals surface area contributed by atoms with E-state index in [1.807, 2.05) is 42.5 Å². The average molecular weight is 415 g/mol. The first-order valence-corrected chi connectivity index (χ1v) is 8.88. The van der Waals surface area contributed by atoms with Crippen LogP contribution < -0.4 is 0 Å². The van der Waals surface area contributed by atoms with Crippen LogP contribution in [0.25, 0.3) is 10.9 Å². The van der Waals surface area contributed by atoms with Crippen LogP contribution in [0.2, 0.25) is 5.02 Å². The molecule has 1 N–H and O–H groups in total. The van der Waals surface area contributed by atoms with E-state index in [-0.39, 0.29) is 5.91 Å². The summed E-state index contributed by atoms with van der Waals surface area (Å²) in [6, 6.07) is 15.3. The fraction of sp³-hybridized carbons (Fsp3) is 0.0526. The summed E-state index contributed by atoms with van der Waals surface area (Å²) in [5.41, 5.74) is 3.49. The highest BCUT2D eigenvalue weighted by Crippen LogP contribution is 2.28. The SMILES string of the molecule is O=C(c1[nH]c2ccc(Br)cc2c1Cc1ccc(Cl)cc1)n1cccn1. The fourth-order valence-corrected chi connectivity index (χ4v) is 3.38. The number of aromatic nitrogens is 3. The van der Waals surface area contributed by atoms with Crippen LogP contribution in [0, 0.1) is 0 Å². The maximum atomic E-state index is 12.9. The van der Waals surface area contributed by atoms with E-state index in [9.17, 15) is 4.79 Å². The molecule has 0 bridgehead atoms. The van der Waals surface area contributed by atoms with Crippen LogP contribution in [0.1, 0.15) is 21.6 Å². The molecule has 0 radical (unpaired) electrons.